The average molecular weight is 483 g/mol. The smallest absolute Gasteiger partial charge is 0.233 e. The fourth-order valence-corrected chi connectivity index (χ4v) is 4.62. The third kappa shape index (κ3) is 5.15. The topological polar surface area (TPSA) is 61.9 Å². The van der Waals surface area contributed by atoms with E-state index in [-0.39, 0.29) is 17.7 Å². The van der Waals surface area contributed by atoms with Crippen molar-refractivity contribution in [3.05, 3.63) is 100 Å². The van der Waals surface area contributed by atoms with Crippen LogP contribution >= 0.6 is 35.0 Å². The molecule has 1 amide bonds. The van der Waals surface area contributed by atoms with Crippen molar-refractivity contribution in [2.24, 2.45) is 0 Å². The number of nitrogens with one attached hydrogen (secondary N) is 1. The molecule has 0 fully saturated rings. The molecule has 0 unspecified atom stereocenters. The molecule has 0 bridgehead atoms. The molecule has 8 heteroatoms. The second-order valence-corrected chi connectivity index (χ2v) is 8.89. The Morgan fingerprint density at radius 1 is 1.00 bits per heavy atom. The van der Waals surface area contributed by atoms with Crippen molar-refractivity contribution >= 4 is 40.9 Å². The Morgan fingerprint density at radius 2 is 1.62 bits per heavy atom. The number of aromatic amines is 1. The van der Waals surface area contributed by atoms with Crippen molar-refractivity contribution < 1.29 is 4.79 Å². The Balaban J connectivity index is 1.48. The van der Waals surface area contributed by atoms with Crippen LogP contribution in [-0.4, -0.2) is 38.8 Å². The molecule has 0 aliphatic rings. The van der Waals surface area contributed by atoms with Gasteiger partial charge in [-0.3, -0.25) is 9.89 Å². The molecule has 1 heterocycles. The maximum absolute atomic E-state index is 13.1. The predicted octanol–water partition coefficient (Wildman–Crippen LogP) is 6.12. The molecule has 0 aliphatic carbocycles. The van der Waals surface area contributed by atoms with E-state index in [1.165, 1.54) is 11.8 Å². The zero-order chi connectivity index (χ0) is 22.5. The summed E-state index contributed by atoms with van der Waals surface area (Å²) in [6.45, 7) is 0. The molecule has 1 N–H and O–H groups in total. The molecular weight excluding hydrogens is 463 g/mol. The number of carbonyl (C=O) groups excluding carboxylic acids is 1. The molecule has 4 aromatic rings. The van der Waals surface area contributed by atoms with E-state index in [1.807, 2.05) is 67.7 Å². The van der Waals surface area contributed by atoms with Gasteiger partial charge >= 0.3 is 0 Å². The summed E-state index contributed by atoms with van der Waals surface area (Å²) in [6, 6.07) is 25.0. The van der Waals surface area contributed by atoms with Gasteiger partial charge in [-0.05, 0) is 29.3 Å². The van der Waals surface area contributed by atoms with Gasteiger partial charge in [0.15, 0.2) is 5.82 Å². The zero-order valence-electron chi connectivity index (χ0n) is 17.2. The first kappa shape index (κ1) is 22.4. The lowest BCUT2D eigenvalue weighted by Gasteiger charge is -2.29. The van der Waals surface area contributed by atoms with Crippen LogP contribution in [0.3, 0.4) is 0 Å². The Kier molecular flexibility index (Phi) is 7.15. The molecule has 0 saturated carbocycles. The highest BCUT2D eigenvalue weighted by atomic mass is 35.5. The number of nitrogens with zero attached hydrogens (tertiary/aromatic N) is 3. The number of carbonyl (C=O) groups is 1. The Bertz CT molecular complexity index is 1160. The summed E-state index contributed by atoms with van der Waals surface area (Å²) >= 11 is 13.5. The van der Waals surface area contributed by atoms with E-state index in [2.05, 4.69) is 15.2 Å². The number of aromatic nitrogens is 3. The second-order valence-electron chi connectivity index (χ2n) is 7.11. The van der Waals surface area contributed by atoms with Crippen LogP contribution < -0.4 is 0 Å². The molecule has 4 rings (SSSR count). The highest BCUT2D eigenvalue weighted by Gasteiger charge is 2.24. The Morgan fingerprint density at radius 3 is 2.22 bits per heavy atom. The average Bonchev–Trinajstić information content (AvgIpc) is 3.27. The minimum absolute atomic E-state index is 0.0245. The van der Waals surface area contributed by atoms with E-state index in [0.717, 1.165) is 11.1 Å². The number of H-pyrrole nitrogens is 1. The van der Waals surface area contributed by atoms with Gasteiger partial charge in [0.2, 0.25) is 11.1 Å². The fourth-order valence-electron chi connectivity index (χ4n) is 3.40. The summed E-state index contributed by atoms with van der Waals surface area (Å²) in [4.78, 5) is 19.3. The molecule has 0 aliphatic heterocycles. The van der Waals surface area contributed by atoms with Crippen molar-refractivity contribution in [1.29, 1.82) is 0 Å². The summed E-state index contributed by atoms with van der Waals surface area (Å²) in [5.74, 6) is 0.711. The number of rotatable bonds is 7. The standard InChI is InChI=1S/C24H20Cl2N4OS/c1-30(22(16-8-4-2-5-9-16)17-10-6-3-7-11-17)21(31)15-32-24-27-23(28-29-24)19-13-12-18(25)14-20(19)26/h2-14,22H,15H2,1H3,(H,27,28,29). The van der Waals surface area contributed by atoms with E-state index < -0.39 is 0 Å². The third-order valence-electron chi connectivity index (χ3n) is 4.99. The van der Waals surface area contributed by atoms with Gasteiger partial charge in [0.1, 0.15) is 0 Å². The van der Waals surface area contributed by atoms with E-state index in [1.54, 1.807) is 23.1 Å². The maximum Gasteiger partial charge on any atom is 0.233 e. The van der Waals surface area contributed by atoms with Crippen molar-refractivity contribution in [3.63, 3.8) is 0 Å². The first-order chi connectivity index (χ1) is 15.5. The Labute approximate surface area is 200 Å². The molecular formula is C24H20Cl2N4OS. The minimum Gasteiger partial charge on any atom is -0.334 e. The molecule has 3 aromatic carbocycles. The molecule has 32 heavy (non-hydrogen) atoms. The lowest BCUT2D eigenvalue weighted by molar-refractivity contribution is -0.128. The number of hydrogen-bond donors (Lipinski definition) is 1. The van der Waals surface area contributed by atoms with Crippen LogP contribution in [0.25, 0.3) is 11.4 Å². The quantitative estimate of drug-likeness (QED) is 0.322. The first-order valence-electron chi connectivity index (χ1n) is 9.89. The van der Waals surface area contributed by atoms with Gasteiger partial charge in [-0.1, -0.05) is 95.6 Å². The van der Waals surface area contributed by atoms with Crippen molar-refractivity contribution in [2.75, 3.05) is 12.8 Å². The summed E-state index contributed by atoms with van der Waals surface area (Å²) in [5.41, 5.74) is 2.81. The highest BCUT2D eigenvalue weighted by molar-refractivity contribution is 7.99. The molecule has 162 valence electrons. The van der Waals surface area contributed by atoms with E-state index >= 15 is 0 Å². The van der Waals surface area contributed by atoms with Gasteiger partial charge < -0.3 is 4.90 Å². The first-order valence-corrected chi connectivity index (χ1v) is 11.6. The zero-order valence-corrected chi connectivity index (χ0v) is 19.5. The number of amides is 1. The molecule has 0 spiro atoms. The number of halogens is 2. The molecule has 0 atom stereocenters. The normalized spacial score (nSPS) is 11.0. The predicted molar refractivity (Wildman–Crippen MR) is 130 cm³/mol. The van der Waals surface area contributed by atoms with E-state index in [4.69, 9.17) is 23.2 Å². The van der Waals surface area contributed by atoms with E-state index in [0.29, 0.717) is 26.6 Å². The van der Waals surface area contributed by atoms with Crippen LogP contribution in [0.15, 0.2) is 84.0 Å². The van der Waals surface area contributed by atoms with Crippen LogP contribution in [0.5, 0.6) is 0 Å². The molecule has 0 radical (unpaired) electrons. The molecule has 5 nitrogen and oxygen atoms in total. The highest BCUT2D eigenvalue weighted by Crippen LogP contribution is 2.30. The largest absolute Gasteiger partial charge is 0.334 e. The third-order valence-corrected chi connectivity index (χ3v) is 6.37. The summed E-state index contributed by atoms with van der Waals surface area (Å²) in [5, 5.41) is 8.59. The lowest BCUT2D eigenvalue weighted by atomic mass is 9.97. The van der Waals surface area contributed by atoms with Gasteiger partial charge in [-0.25, -0.2) is 4.98 Å². The van der Waals surface area contributed by atoms with Crippen molar-refractivity contribution in [2.45, 2.75) is 11.2 Å². The number of thioether (sulfide) groups is 1. The number of hydrogen-bond acceptors (Lipinski definition) is 4. The van der Waals surface area contributed by atoms with Crippen LogP contribution in [0.1, 0.15) is 17.2 Å². The summed E-state index contributed by atoms with van der Waals surface area (Å²) < 4.78 is 0. The van der Waals surface area contributed by atoms with Gasteiger partial charge in [-0.2, -0.15) is 0 Å². The number of benzene rings is 3. The lowest BCUT2D eigenvalue weighted by Crippen LogP contribution is -2.33. The summed E-state index contributed by atoms with van der Waals surface area (Å²) in [6.07, 6.45) is 0. The van der Waals surface area contributed by atoms with E-state index in [9.17, 15) is 4.79 Å². The van der Waals surface area contributed by atoms with Gasteiger partial charge in [-0.15, -0.1) is 5.10 Å². The van der Waals surface area contributed by atoms with Crippen LogP contribution in [0, 0.1) is 0 Å². The monoisotopic (exact) mass is 482 g/mol. The van der Waals surface area contributed by atoms with Crippen molar-refractivity contribution in [1.82, 2.24) is 20.1 Å². The van der Waals surface area contributed by atoms with Crippen LogP contribution in [-0.2, 0) is 4.79 Å². The SMILES string of the molecule is CN(C(=O)CSc1n[nH]c(-c2ccc(Cl)cc2Cl)n1)C(c1ccccc1)c1ccccc1. The van der Waals surface area contributed by atoms with Gasteiger partial charge in [0.25, 0.3) is 0 Å². The Hall–Kier alpha value is -2.80. The maximum atomic E-state index is 13.1. The molecule has 0 saturated heterocycles. The fraction of sp³-hybridized carbons (Fsp3) is 0.125. The molecule has 1 aromatic heterocycles. The van der Waals surface area contributed by atoms with Crippen LogP contribution in [0.2, 0.25) is 10.0 Å². The van der Waals surface area contributed by atoms with Gasteiger partial charge in [0.05, 0.1) is 16.8 Å². The van der Waals surface area contributed by atoms with Crippen LogP contribution in [0.4, 0.5) is 0 Å². The minimum atomic E-state index is -0.180. The van der Waals surface area contributed by atoms with Gasteiger partial charge in [0, 0.05) is 17.6 Å². The van der Waals surface area contributed by atoms with Crippen molar-refractivity contribution in [3.8, 4) is 11.4 Å². The summed E-state index contributed by atoms with van der Waals surface area (Å²) in [7, 11) is 1.82. The second kappa shape index (κ2) is 10.2.